The van der Waals surface area contributed by atoms with Gasteiger partial charge in [-0.1, -0.05) is 48.2 Å². The monoisotopic (exact) mass is 394 g/mol. The van der Waals surface area contributed by atoms with Crippen LogP contribution in [0.1, 0.15) is 22.3 Å². The van der Waals surface area contributed by atoms with Gasteiger partial charge in [-0.15, -0.1) is 0 Å². The van der Waals surface area contributed by atoms with E-state index in [1.165, 1.54) is 5.56 Å². The van der Waals surface area contributed by atoms with Gasteiger partial charge in [0, 0.05) is 36.7 Å². The predicted molar refractivity (Wildman–Crippen MR) is 115 cm³/mol. The highest BCUT2D eigenvalue weighted by molar-refractivity contribution is 7.98. The Kier molecular flexibility index (Phi) is 7.28. The maximum Gasteiger partial charge on any atom is 0.251 e. The van der Waals surface area contributed by atoms with Crippen molar-refractivity contribution < 1.29 is 4.79 Å². The van der Waals surface area contributed by atoms with Crippen LogP contribution in [0.15, 0.2) is 72.1 Å². The quantitative estimate of drug-likeness (QED) is 0.442. The van der Waals surface area contributed by atoms with E-state index in [-0.39, 0.29) is 5.91 Å². The Balaban J connectivity index is 1.48. The summed E-state index contributed by atoms with van der Waals surface area (Å²) in [6.45, 7) is 2.50. The van der Waals surface area contributed by atoms with E-state index in [1.807, 2.05) is 47.4 Å². The summed E-state index contributed by atoms with van der Waals surface area (Å²) in [6, 6.07) is 18.0. The zero-order valence-corrected chi connectivity index (χ0v) is 17.2. The van der Waals surface area contributed by atoms with Crippen molar-refractivity contribution in [1.82, 2.24) is 19.8 Å². The van der Waals surface area contributed by atoms with Crippen molar-refractivity contribution in [3.05, 3.63) is 78.1 Å². The predicted octanol–water partition coefficient (Wildman–Crippen LogP) is 3.85. The van der Waals surface area contributed by atoms with E-state index >= 15 is 0 Å². The highest BCUT2D eigenvalue weighted by atomic mass is 32.2. The van der Waals surface area contributed by atoms with Crippen molar-refractivity contribution >= 4 is 17.7 Å². The molecule has 0 radical (unpaired) electrons. The molecule has 2 aromatic carbocycles. The molecule has 0 fully saturated rings. The lowest BCUT2D eigenvalue weighted by Gasteiger charge is -2.16. The summed E-state index contributed by atoms with van der Waals surface area (Å²) in [5.41, 5.74) is 2.91. The first kappa shape index (κ1) is 20.2. The van der Waals surface area contributed by atoms with E-state index in [0.29, 0.717) is 12.1 Å². The second-order valence-corrected chi connectivity index (χ2v) is 7.44. The van der Waals surface area contributed by atoms with E-state index in [9.17, 15) is 4.79 Å². The fourth-order valence-electron chi connectivity index (χ4n) is 3.06. The number of thioether (sulfide) groups is 1. The first-order chi connectivity index (χ1) is 13.7. The lowest BCUT2D eigenvalue weighted by Crippen LogP contribution is -2.28. The van der Waals surface area contributed by atoms with Gasteiger partial charge in [0.05, 0.1) is 0 Å². The summed E-state index contributed by atoms with van der Waals surface area (Å²) < 4.78 is 1.99. The highest BCUT2D eigenvalue weighted by Gasteiger charge is 2.09. The van der Waals surface area contributed by atoms with Gasteiger partial charge in [-0.05, 0) is 50.0 Å². The van der Waals surface area contributed by atoms with Gasteiger partial charge in [-0.3, -0.25) is 9.36 Å². The minimum Gasteiger partial charge on any atom is -0.352 e. The Hall–Kier alpha value is -2.57. The fourth-order valence-corrected chi connectivity index (χ4v) is 3.59. The molecule has 0 aliphatic carbocycles. The highest BCUT2D eigenvalue weighted by Crippen LogP contribution is 2.18. The number of carbonyl (C=O) groups excluding carboxylic acids is 1. The van der Waals surface area contributed by atoms with Gasteiger partial charge in [0.25, 0.3) is 5.91 Å². The van der Waals surface area contributed by atoms with Gasteiger partial charge in [0.2, 0.25) is 0 Å². The number of hydrogen-bond donors (Lipinski definition) is 1. The number of carbonyl (C=O) groups is 1. The summed E-state index contributed by atoms with van der Waals surface area (Å²) in [4.78, 5) is 19.1. The molecule has 28 heavy (non-hydrogen) atoms. The van der Waals surface area contributed by atoms with Gasteiger partial charge < -0.3 is 10.2 Å². The molecule has 0 bridgehead atoms. The molecular weight excluding hydrogens is 368 g/mol. The number of nitrogens with one attached hydrogen (secondary N) is 1. The van der Waals surface area contributed by atoms with E-state index in [1.54, 1.807) is 18.0 Å². The number of benzene rings is 2. The van der Waals surface area contributed by atoms with Gasteiger partial charge in [-0.2, -0.15) is 0 Å². The van der Waals surface area contributed by atoms with Crippen LogP contribution in [0.5, 0.6) is 0 Å². The maximum atomic E-state index is 12.5. The molecule has 6 heteroatoms. The summed E-state index contributed by atoms with van der Waals surface area (Å²) in [7, 11) is 2.10. The smallest absolute Gasteiger partial charge is 0.251 e. The number of rotatable bonds is 9. The van der Waals surface area contributed by atoms with Crippen molar-refractivity contribution in [2.45, 2.75) is 18.1 Å². The third-order valence-corrected chi connectivity index (χ3v) is 5.14. The number of aromatic nitrogens is 2. The summed E-state index contributed by atoms with van der Waals surface area (Å²) in [6.07, 6.45) is 6.58. The molecule has 0 saturated carbocycles. The van der Waals surface area contributed by atoms with Crippen LogP contribution >= 0.6 is 11.8 Å². The first-order valence-corrected chi connectivity index (χ1v) is 10.6. The minimum absolute atomic E-state index is 0.0432. The molecule has 0 aliphatic heterocycles. The first-order valence-electron chi connectivity index (χ1n) is 9.36. The normalized spacial score (nSPS) is 11.0. The number of imidazole rings is 1. The van der Waals surface area contributed by atoms with Crippen molar-refractivity contribution in [1.29, 1.82) is 0 Å². The molecule has 0 saturated heterocycles. The van der Waals surface area contributed by atoms with Crippen LogP contribution in [0.4, 0.5) is 0 Å². The maximum absolute atomic E-state index is 12.5. The zero-order chi connectivity index (χ0) is 19.8. The second kappa shape index (κ2) is 10.1. The lowest BCUT2D eigenvalue weighted by atomic mass is 10.2. The molecule has 1 amide bonds. The molecular formula is C22H26N4OS. The molecule has 1 aromatic heterocycles. The number of amides is 1. The van der Waals surface area contributed by atoms with Crippen LogP contribution < -0.4 is 5.32 Å². The topological polar surface area (TPSA) is 50.2 Å². The van der Waals surface area contributed by atoms with Crippen molar-refractivity contribution in [3.8, 4) is 5.69 Å². The molecule has 0 atom stereocenters. The molecule has 0 spiro atoms. The fraction of sp³-hybridized carbons (Fsp3) is 0.273. The van der Waals surface area contributed by atoms with E-state index in [4.69, 9.17) is 0 Å². The van der Waals surface area contributed by atoms with Crippen LogP contribution in [-0.2, 0) is 6.54 Å². The average molecular weight is 395 g/mol. The number of hydrogen-bond acceptors (Lipinski definition) is 4. The minimum atomic E-state index is -0.0432. The molecule has 1 heterocycles. The van der Waals surface area contributed by atoms with Crippen molar-refractivity contribution in [2.75, 3.05) is 26.4 Å². The van der Waals surface area contributed by atoms with E-state index in [2.05, 4.69) is 46.5 Å². The molecule has 146 valence electrons. The van der Waals surface area contributed by atoms with Gasteiger partial charge in [0.15, 0.2) is 5.16 Å². The van der Waals surface area contributed by atoms with Crippen LogP contribution in [0, 0.1) is 0 Å². The molecule has 1 N–H and O–H groups in total. The van der Waals surface area contributed by atoms with Crippen LogP contribution in [0.3, 0.4) is 0 Å². The summed E-state index contributed by atoms with van der Waals surface area (Å²) in [5.74, 6) is -0.0432. The molecule has 3 aromatic rings. The standard InChI is InChI=1S/C22H26N4OS/c1-25(17-18-8-4-3-5-9-18)14-7-12-23-21(27)19-10-6-11-20(16-19)26-15-13-24-22(26)28-2/h3-6,8-11,13,15-16H,7,12,14,17H2,1-2H3,(H,23,27). The molecule has 0 aliphatic rings. The number of nitrogens with zero attached hydrogens (tertiary/aromatic N) is 3. The Morgan fingerprint density at radius 2 is 2.00 bits per heavy atom. The van der Waals surface area contributed by atoms with Gasteiger partial charge >= 0.3 is 0 Å². The van der Waals surface area contributed by atoms with E-state index in [0.717, 1.165) is 30.4 Å². The third-order valence-electron chi connectivity index (χ3n) is 4.47. The summed E-state index contributed by atoms with van der Waals surface area (Å²) >= 11 is 1.58. The zero-order valence-electron chi connectivity index (χ0n) is 16.3. The largest absolute Gasteiger partial charge is 0.352 e. The van der Waals surface area contributed by atoms with Crippen molar-refractivity contribution in [3.63, 3.8) is 0 Å². The van der Waals surface area contributed by atoms with Crippen LogP contribution in [0.25, 0.3) is 5.69 Å². The Morgan fingerprint density at radius 1 is 1.18 bits per heavy atom. The van der Waals surface area contributed by atoms with E-state index < -0.39 is 0 Å². The lowest BCUT2D eigenvalue weighted by molar-refractivity contribution is 0.0952. The summed E-state index contributed by atoms with van der Waals surface area (Å²) in [5, 5.41) is 3.93. The van der Waals surface area contributed by atoms with Crippen LogP contribution in [0.2, 0.25) is 0 Å². The molecule has 3 rings (SSSR count). The Bertz CT molecular complexity index is 894. The van der Waals surface area contributed by atoms with Gasteiger partial charge in [-0.25, -0.2) is 4.98 Å². The van der Waals surface area contributed by atoms with Crippen molar-refractivity contribution in [2.24, 2.45) is 0 Å². The third kappa shape index (κ3) is 5.47. The van der Waals surface area contributed by atoms with Gasteiger partial charge in [0.1, 0.15) is 0 Å². The second-order valence-electron chi connectivity index (χ2n) is 6.67. The molecule has 0 unspecified atom stereocenters. The average Bonchev–Trinajstić information content (AvgIpc) is 3.21. The molecule has 5 nitrogen and oxygen atoms in total. The van der Waals surface area contributed by atoms with Crippen LogP contribution in [-0.4, -0.2) is 46.8 Å². The Labute approximate surface area is 170 Å². The SMILES string of the molecule is CSc1nccn1-c1cccc(C(=O)NCCCN(C)Cc2ccccc2)c1. The Morgan fingerprint density at radius 3 is 2.79 bits per heavy atom.